The summed E-state index contributed by atoms with van der Waals surface area (Å²) in [7, 11) is 0. The predicted octanol–water partition coefficient (Wildman–Crippen LogP) is 0.971. The van der Waals surface area contributed by atoms with Crippen LogP contribution in [0.2, 0.25) is 0 Å². The molecule has 2 atom stereocenters. The number of rotatable bonds is 2. The Balaban J connectivity index is 1.92. The van der Waals surface area contributed by atoms with Crippen molar-refractivity contribution in [2.75, 3.05) is 19.6 Å². The van der Waals surface area contributed by atoms with E-state index >= 15 is 0 Å². The average Bonchev–Trinajstić information content (AvgIpc) is 2.74. The van der Waals surface area contributed by atoms with E-state index in [1.54, 1.807) is 0 Å². The van der Waals surface area contributed by atoms with Crippen LogP contribution in [0.15, 0.2) is 0 Å². The molecule has 0 aromatic rings. The van der Waals surface area contributed by atoms with E-state index < -0.39 is 0 Å². The second kappa shape index (κ2) is 3.75. The Kier molecular flexibility index (Phi) is 2.66. The maximum Gasteiger partial charge on any atom is -0.000510 e. The molecule has 0 spiro atoms. The van der Waals surface area contributed by atoms with Crippen molar-refractivity contribution in [3.8, 4) is 0 Å². The minimum absolute atomic E-state index is 0.771. The van der Waals surface area contributed by atoms with Crippen LogP contribution in [0, 0.1) is 17.8 Å². The van der Waals surface area contributed by atoms with Gasteiger partial charge in [-0.1, -0.05) is 25.7 Å². The summed E-state index contributed by atoms with van der Waals surface area (Å²) < 4.78 is 0. The highest BCUT2D eigenvalue weighted by Gasteiger charge is 2.33. The number of hydrogen-bond acceptors (Lipinski definition) is 2. The van der Waals surface area contributed by atoms with Gasteiger partial charge in [-0.3, -0.25) is 0 Å². The first-order valence-corrected chi connectivity index (χ1v) is 5.32. The lowest BCUT2D eigenvalue weighted by molar-refractivity contribution is 0.291. The molecular weight excluding hydrogens is 148 g/mol. The molecule has 1 saturated heterocycles. The fraction of sp³-hybridized carbons (Fsp3) is 1.00. The Labute approximate surface area is 74.9 Å². The highest BCUT2D eigenvalue weighted by atomic mass is 14.9. The van der Waals surface area contributed by atoms with E-state index in [-0.39, 0.29) is 0 Å². The minimum Gasteiger partial charge on any atom is -0.330 e. The van der Waals surface area contributed by atoms with Crippen LogP contribution < -0.4 is 11.1 Å². The van der Waals surface area contributed by atoms with E-state index in [1.807, 2.05) is 0 Å². The fourth-order valence-corrected chi connectivity index (χ4v) is 2.95. The van der Waals surface area contributed by atoms with Crippen molar-refractivity contribution in [2.45, 2.75) is 25.7 Å². The molecule has 0 aromatic heterocycles. The lowest BCUT2D eigenvalue weighted by Crippen LogP contribution is -2.26. The maximum atomic E-state index is 5.75. The monoisotopic (exact) mass is 168 g/mol. The molecule has 1 aliphatic carbocycles. The Hall–Kier alpha value is -0.0800. The molecule has 0 amide bonds. The van der Waals surface area contributed by atoms with E-state index in [0.717, 1.165) is 30.8 Å². The molecule has 12 heavy (non-hydrogen) atoms. The molecule has 1 aliphatic heterocycles. The van der Waals surface area contributed by atoms with Crippen molar-refractivity contribution < 1.29 is 0 Å². The molecule has 2 heteroatoms. The van der Waals surface area contributed by atoms with Crippen LogP contribution >= 0.6 is 0 Å². The summed E-state index contributed by atoms with van der Waals surface area (Å²) in [5.74, 6) is 2.67. The standard InChI is InChI=1S/C10H20N2/c11-5-9-6-12-7-10(9)8-3-1-2-4-8/h8-10,12H,1-7,11H2. The molecule has 1 saturated carbocycles. The van der Waals surface area contributed by atoms with Gasteiger partial charge in [-0.05, 0) is 37.4 Å². The van der Waals surface area contributed by atoms with Gasteiger partial charge in [-0.2, -0.15) is 0 Å². The zero-order chi connectivity index (χ0) is 8.39. The van der Waals surface area contributed by atoms with Crippen molar-refractivity contribution >= 4 is 0 Å². The molecule has 0 radical (unpaired) electrons. The predicted molar refractivity (Wildman–Crippen MR) is 50.9 cm³/mol. The Morgan fingerprint density at radius 2 is 1.92 bits per heavy atom. The van der Waals surface area contributed by atoms with Crippen LogP contribution in [0.5, 0.6) is 0 Å². The van der Waals surface area contributed by atoms with Crippen molar-refractivity contribution in [1.82, 2.24) is 5.32 Å². The highest BCUT2D eigenvalue weighted by Crippen LogP contribution is 2.36. The van der Waals surface area contributed by atoms with Gasteiger partial charge in [0.25, 0.3) is 0 Å². The zero-order valence-electron chi connectivity index (χ0n) is 7.76. The van der Waals surface area contributed by atoms with Crippen molar-refractivity contribution in [3.63, 3.8) is 0 Å². The van der Waals surface area contributed by atoms with Gasteiger partial charge in [-0.15, -0.1) is 0 Å². The van der Waals surface area contributed by atoms with Gasteiger partial charge in [0.2, 0.25) is 0 Å². The molecule has 3 N–H and O–H groups in total. The molecular formula is C10H20N2. The first-order valence-electron chi connectivity index (χ1n) is 5.32. The van der Waals surface area contributed by atoms with E-state index in [9.17, 15) is 0 Å². The largest absolute Gasteiger partial charge is 0.330 e. The van der Waals surface area contributed by atoms with Gasteiger partial charge in [0, 0.05) is 0 Å². The topological polar surface area (TPSA) is 38.0 Å². The summed E-state index contributed by atoms with van der Waals surface area (Å²) in [5, 5.41) is 3.47. The third kappa shape index (κ3) is 1.50. The van der Waals surface area contributed by atoms with E-state index in [0.29, 0.717) is 0 Å². The lowest BCUT2D eigenvalue weighted by atomic mass is 9.83. The first-order chi connectivity index (χ1) is 5.92. The van der Waals surface area contributed by atoms with Crippen molar-refractivity contribution in [3.05, 3.63) is 0 Å². The zero-order valence-corrected chi connectivity index (χ0v) is 7.76. The molecule has 2 fully saturated rings. The SMILES string of the molecule is NCC1CNCC1C1CCCC1. The Morgan fingerprint density at radius 3 is 2.58 bits per heavy atom. The molecule has 2 nitrogen and oxygen atoms in total. The summed E-state index contributed by atoms with van der Waals surface area (Å²) in [5.41, 5.74) is 5.75. The van der Waals surface area contributed by atoms with Crippen LogP contribution in [0.4, 0.5) is 0 Å². The molecule has 0 bridgehead atoms. The number of hydrogen-bond donors (Lipinski definition) is 2. The molecule has 70 valence electrons. The van der Waals surface area contributed by atoms with Gasteiger partial charge in [-0.25, -0.2) is 0 Å². The van der Waals surface area contributed by atoms with Crippen molar-refractivity contribution in [1.29, 1.82) is 0 Å². The van der Waals surface area contributed by atoms with Gasteiger partial charge in [0.1, 0.15) is 0 Å². The number of nitrogens with one attached hydrogen (secondary N) is 1. The second-order valence-electron chi connectivity index (χ2n) is 4.36. The van der Waals surface area contributed by atoms with Crippen LogP contribution in [-0.4, -0.2) is 19.6 Å². The van der Waals surface area contributed by atoms with Crippen molar-refractivity contribution in [2.24, 2.45) is 23.5 Å². The Morgan fingerprint density at radius 1 is 1.17 bits per heavy atom. The van der Waals surface area contributed by atoms with Gasteiger partial charge in [0.05, 0.1) is 0 Å². The van der Waals surface area contributed by atoms with Gasteiger partial charge < -0.3 is 11.1 Å². The van der Waals surface area contributed by atoms with E-state index in [1.165, 1.54) is 32.2 Å². The van der Waals surface area contributed by atoms with Crippen LogP contribution in [0.1, 0.15) is 25.7 Å². The summed E-state index contributed by atoms with van der Waals surface area (Å²) in [6.07, 6.45) is 5.84. The second-order valence-corrected chi connectivity index (χ2v) is 4.36. The smallest absolute Gasteiger partial charge is 0.000510 e. The average molecular weight is 168 g/mol. The lowest BCUT2D eigenvalue weighted by Gasteiger charge is -2.22. The summed E-state index contributed by atoms with van der Waals surface area (Å²) >= 11 is 0. The van der Waals surface area contributed by atoms with E-state index in [4.69, 9.17) is 5.73 Å². The highest BCUT2D eigenvalue weighted by molar-refractivity contribution is 4.88. The summed E-state index contributed by atoms with van der Waals surface area (Å²) in [6.45, 7) is 3.28. The van der Waals surface area contributed by atoms with Gasteiger partial charge in [0.15, 0.2) is 0 Å². The normalized spacial score (nSPS) is 37.8. The molecule has 2 aliphatic rings. The summed E-state index contributed by atoms with van der Waals surface area (Å²) in [6, 6.07) is 0. The molecule has 2 rings (SSSR count). The third-order valence-corrected chi connectivity index (χ3v) is 3.70. The van der Waals surface area contributed by atoms with E-state index in [2.05, 4.69) is 5.32 Å². The van der Waals surface area contributed by atoms with Gasteiger partial charge >= 0.3 is 0 Å². The maximum absolute atomic E-state index is 5.75. The molecule has 1 heterocycles. The molecule has 2 unspecified atom stereocenters. The summed E-state index contributed by atoms with van der Waals surface area (Å²) in [4.78, 5) is 0. The fourth-order valence-electron chi connectivity index (χ4n) is 2.95. The van der Waals surface area contributed by atoms with Crippen LogP contribution in [0.25, 0.3) is 0 Å². The Bertz CT molecular complexity index is 141. The van der Waals surface area contributed by atoms with Crippen LogP contribution in [-0.2, 0) is 0 Å². The minimum atomic E-state index is 0.771. The molecule has 0 aromatic carbocycles. The number of nitrogens with two attached hydrogens (primary N) is 1. The van der Waals surface area contributed by atoms with Crippen LogP contribution in [0.3, 0.4) is 0 Å². The first kappa shape index (κ1) is 8.52. The third-order valence-electron chi connectivity index (χ3n) is 3.70. The quantitative estimate of drug-likeness (QED) is 0.645.